The lowest BCUT2D eigenvalue weighted by Gasteiger charge is -2.08. The van der Waals surface area contributed by atoms with Crippen molar-refractivity contribution in [1.29, 1.82) is 0 Å². The van der Waals surface area contributed by atoms with Crippen molar-refractivity contribution in [2.45, 2.75) is 0 Å². The van der Waals surface area contributed by atoms with Gasteiger partial charge < -0.3 is 10.3 Å². The second-order valence-electron chi connectivity index (χ2n) is 4.05. The standard InChI is InChI=1S/C14H12ClN3/c1-16-10-2-3-12(15)11(8-10)14-13-9(4-6-17-13)5-7-18-14/h2-8,16-17H,1H3. The van der Waals surface area contributed by atoms with Crippen LogP contribution in [0.15, 0.2) is 42.7 Å². The topological polar surface area (TPSA) is 40.7 Å². The number of H-pyrrole nitrogens is 1. The van der Waals surface area contributed by atoms with Crippen molar-refractivity contribution in [3.05, 3.63) is 47.7 Å². The molecule has 0 atom stereocenters. The van der Waals surface area contributed by atoms with E-state index in [0.29, 0.717) is 5.02 Å². The first-order chi connectivity index (χ1) is 8.79. The second kappa shape index (κ2) is 4.35. The van der Waals surface area contributed by atoms with E-state index in [4.69, 9.17) is 11.6 Å². The lowest BCUT2D eigenvalue weighted by molar-refractivity contribution is 1.33. The van der Waals surface area contributed by atoms with E-state index < -0.39 is 0 Å². The van der Waals surface area contributed by atoms with Crippen molar-refractivity contribution in [3.63, 3.8) is 0 Å². The molecule has 0 bridgehead atoms. The van der Waals surface area contributed by atoms with E-state index in [2.05, 4.69) is 15.3 Å². The van der Waals surface area contributed by atoms with Gasteiger partial charge in [-0.3, -0.25) is 4.98 Å². The van der Waals surface area contributed by atoms with Gasteiger partial charge in [-0.05, 0) is 30.3 Å². The summed E-state index contributed by atoms with van der Waals surface area (Å²) < 4.78 is 0. The molecule has 2 aromatic heterocycles. The molecule has 0 saturated heterocycles. The molecule has 0 aliphatic rings. The number of pyridine rings is 1. The van der Waals surface area contributed by atoms with Crippen molar-refractivity contribution in [3.8, 4) is 11.3 Å². The van der Waals surface area contributed by atoms with Gasteiger partial charge in [-0.25, -0.2) is 0 Å². The molecule has 0 radical (unpaired) electrons. The molecule has 90 valence electrons. The minimum absolute atomic E-state index is 0.698. The number of aromatic amines is 1. The Bertz CT molecular complexity index is 703. The highest BCUT2D eigenvalue weighted by atomic mass is 35.5. The average Bonchev–Trinajstić information content (AvgIpc) is 2.87. The minimum Gasteiger partial charge on any atom is -0.388 e. The molecule has 0 aliphatic heterocycles. The maximum absolute atomic E-state index is 6.27. The van der Waals surface area contributed by atoms with Gasteiger partial charge in [0.25, 0.3) is 0 Å². The quantitative estimate of drug-likeness (QED) is 0.730. The van der Waals surface area contributed by atoms with Crippen LogP contribution in [0.1, 0.15) is 0 Å². The van der Waals surface area contributed by atoms with Crippen molar-refractivity contribution >= 4 is 28.2 Å². The zero-order chi connectivity index (χ0) is 12.5. The molecule has 0 saturated carbocycles. The van der Waals surface area contributed by atoms with Crippen LogP contribution < -0.4 is 5.32 Å². The van der Waals surface area contributed by atoms with Crippen molar-refractivity contribution in [2.24, 2.45) is 0 Å². The smallest absolute Gasteiger partial charge is 0.0958 e. The normalized spacial score (nSPS) is 10.8. The van der Waals surface area contributed by atoms with Gasteiger partial charge >= 0.3 is 0 Å². The molecule has 0 unspecified atom stereocenters. The fraction of sp³-hybridized carbons (Fsp3) is 0.0714. The maximum atomic E-state index is 6.27. The Morgan fingerprint density at radius 2 is 2.11 bits per heavy atom. The number of fused-ring (bicyclic) bond motifs is 1. The van der Waals surface area contributed by atoms with Gasteiger partial charge in [0.15, 0.2) is 0 Å². The van der Waals surface area contributed by atoms with Crippen LogP contribution in [0.5, 0.6) is 0 Å². The number of hydrogen-bond acceptors (Lipinski definition) is 2. The summed E-state index contributed by atoms with van der Waals surface area (Å²) in [6.45, 7) is 0. The fourth-order valence-corrected chi connectivity index (χ4v) is 2.26. The van der Waals surface area contributed by atoms with Gasteiger partial charge in [0.1, 0.15) is 0 Å². The molecule has 0 fully saturated rings. The third-order valence-electron chi connectivity index (χ3n) is 2.98. The van der Waals surface area contributed by atoms with Crippen LogP contribution in [-0.2, 0) is 0 Å². The fourth-order valence-electron chi connectivity index (χ4n) is 2.05. The molecule has 3 nitrogen and oxygen atoms in total. The molecule has 0 spiro atoms. The molecular formula is C14H12ClN3. The zero-order valence-corrected chi connectivity index (χ0v) is 10.6. The van der Waals surface area contributed by atoms with Crippen LogP contribution in [0, 0.1) is 0 Å². The minimum atomic E-state index is 0.698. The molecule has 1 aromatic carbocycles. The molecule has 2 heterocycles. The Kier molecular flexibility index (Phi) is 2.68. The van der Waals surface area contributed by atoms with Crippen molar-refractivity contribution in [1.82, 2.24) is 9.97 Å². The third-order valence-corrected chi connectivity index (χ3v) is 3.31. The molecule has 0 amide bonds. The Labute approximate surface area is 110 Å². The van der Waals surface area contributed by atoms with Crippen LogP contribution in [-0.4, -0.2) is 17.0 Å². The van der Waals surface area contributed by atoms with Gasteiger partial charge in [-0.15, -0.1) is 0 Å². The highest BCUT2D eigenvalue weighted by Gasteiger charge is 2.10. The number of rotatable bonds is 2. The Balaban J connectivity index is 2.28. The average molecular weight is 258 g/mol. The van der Waals surface area contributed by atoms with Gasteiger partial charge in [0.2, 0.25) is 0 Å². The molecule has 3 rings (SSSR count). The SMILES string of the molecule is CNc1ccc(Cl)c(-c2nccc3cc[nH]c23)c1. The summed E-state index contributed by atoms with van der Waals surface area (Å²) in [6, 6.07) is 9.83. The van der Waals surface area contributed by atoms with Crippen molar-refractivity contribution in [2.75, 3.05) is 12.4 Å². The summed E-state index contributed by atoms with van der Waals surface area (Å²) in [7, 11) is 1.88. The Morgan fingerprint density at radius 1 is 1.22 bits per heavy atom. The van der Waals surface area contributed by atoms with E-state index in [-0.39, 0.29) is 0 Å². The van der Waals surface area contributed by atoms with E-state index in [9.17, 15) is 0 Å². The highest BCUT2D eigenvalue weighted by Crippen LogP contribution is 2.32. The molecule has 4 heteroatoms. The van der Waals surface area contributed by atoms with Crippen LogP contribution in [0.4, 0.5) is 5.69 Å². The number of anilines is 1. The number of hydrogen-bond donors (Lipinski definition) is 2. The van der Waals surface area contributed by atoms with E-state index in [1.807, 2.05) is 43.6 Å². The summed E-state index contributed by atoms with van der Waals surface area (Å²) in [6.07, 6.45) is 3.71. The molecule has 2 N–H and O–H groups in total. The maximum Gasteiger partial charge on any atom is 0.0958 e. The third kappa shape index (κ3) is 1.73. The van der Waals surface area contributed by atoms with Crippen LogP contribution in [0.3, 0.4) is 0 Å². The molecular weight excluding hydrogens is 246 g/mol. The number of halogens is 1. The Hall–Kier alpha value is -2.00. The second-order valence-corrected chi connectivity index (χ2v) is 4.45. The lowest BCUT2D eigenvalue weighted by Crippen LogP contribution is -1.91. The summed E-state index contributed by atoms with van der Waals surface area (Å²) in [5.41, 5.74) is 3.82. The van der Waals surface area contributed by atoms with E-state index in [0.717, 1.165) is 27.8 Å². The first-order valence-electron chi connectivity index (χ1n) is 5.69. The van der Waals surface area contributed by atoms with E-state index >= 15 is 0 Å². The van der Waals surface area contributed by atoms with Crippen molar-refractivity contribution < 1.29 is 0 Å². The van der Waals surface area contributed by atoms with E-state index in [1.54, 1.807) is 6.20 Å². The predicted molar refractivity (Wildman–Crippen MR) is 76.1 cm³/mol. The lowest BCUT2D eigenvalue weighted by atomic mass is 10.1. The number of benzene rings is 1. The molecule has 18 heavy (non-hydrogen) atoms. The van der Waals surface area contributed by atoms with Crippen LogP contribution >= 0.6 is 11.6 Å². The predicted octanol–water partition coefficient (Wildman–Crippen LogP) is 3.93. The summed E-state index contributed by atoms with van der Waals surface area (Å²) in [5, 5.41) is 4.94. The first-order valence-corrected chi connectivity index (χ1v) is 6.07. The van der Waals surface area contributed by atoms with Crippen LogP contribution in [0.25, 0.3) is 22.2 Å². The Morgan fingerprint density at radius 3 is 2.94 bits per heavy atom. The zero-order valence-electron chi connectivity index (χ0n) is 9.87. The van der Waals surface area contributed by atoms with Gasteiger partial charge in [-0.1, -0.05) is 11.6 Å². The summed E-state index contributed by atoms with van der Waals surface area (Å²) in [5.74, 6) is 0. The molecule has 3 aromatic rings. The first kappa shape index (κ1) is 11.1. The number of nitrogens with zero attached hydrogens (tertiary/aromatic N) is 1. The highest BCUT2D eigenvalue weighted by molar-refractivity contribution is 6.33. The summed E-state index contributed by atoms with van der Waals surface area (Å²) >= 11 is 6.27. The molecule has 0 aliphatic carbocycles. The largest absolute Gasteiger partial charge is 0.388 e. The van der Waals surface area contributed by atoms with Crippen LogP contribution in [0.2, 0.25) is 5.02 Å². The summed E-state index contributed by atoms with van der Waals surface area (Å²) in [4.78, 5) is 7.65. The monoisotopic (exact) mass is 257 g/mol. The van der Waals surface area contributed by atoms with Gasteiger partial charge in [0.05, 0.1) is 16.2 Å². The van der Waals surface area contributed by atoms with Gasteiger partial charge in [0, 0.05) is 36.1 Å². The number of nitrogens with one attached hydrogen (secondary N) is 2. The van der Waals surface area contributed by atoms with Gasteiger partial charge in [-0.2, -0.15) is 0 Å². The van der Waals surface area contributed by atoms with E-state index in [1.165, 1.54) is 0 Å². The number of aromatic nitrogens is 2.